The average molecular weight is 442 g/mol. The van der Waals surface area contributed by atoms with Gasteiger partial charge in [-0.1, -0.05) is 41.9 Å². The molecule has 3 aromatic carbocycles. The highest BCUT2D eigenvalue weighted by Gasteiger charge is 2.20. The van der Waals surface area contributed by atoms with Gasteiger partial charge < -0.3 is 15.2 Å². The SMILES string of the molecule is C[C@H](NC(=O)c1cc(Cl)ccc1OCCc1ccc(F)cc1)c1ccccc1C(=O)O. The molecule has 1 atom stereocenters. The maximum Gasteiger partial charge on any atom is 0.336 e. The van der Waals surface area contributed by atoms with E-state index in [4.69, 9.17) is 16.3 Å². The summed E-state index contributed by atoms with van der Waals surface area (Å²) in [7, 11) is 0. The minimum atomic E-state index is -1.07. The number of hydrogen-bond donors (Lipinski definition) is 2. The molecular weight excluding hydrogens is 421 g/mol. The first kappa shape index (κ1) is 22.3. The number of ether oxygens (including phenoxy) is 1. The van der Waals surface area contributed by atoms with Gasteiger partial charge in [0, 0.05) is 11.4 Å². The highest BCUT2D eigenvalue weighted by molar-refractivity contribution is 6.31. The van der Waals surface area contributed by atoms with E-state index in [1.807, 2.05) is 0 Å². The van der Waals surface area contributed by atoms with Gasteiger partial charge in [0.05, 0.1) is 23.8 Å². The van der Waals surface area contributed by atoms with E-state index in [0.29, 0.717) is 22.8 Å². The number of halogens is 2. The van der Waals surface area contributed by atoms with Gasteiger partial charge in [-0.15, -0.1) is 0 Å². The van der Waals surface area contributed by atoms with E-state index in [1.54, 1.807) is 49.4 Å². The number of hydrogen-bond acceptors (Lipinski definition) is 3. The van der Waals surface area contributed by atoms with Crippen LogP contribution in [-0.4, -0.2) is 23.6 Å². The van der Waals surface area contributed by atoms with Crippen molar-refractivity contribution in [2.24, 2.45) is 0 Å². The Morgan fingerprint density at radius 2 is 1.77 bits per heavy atom. The molecule has 2 N–H and O–H groups in total. The molecular formula is C24H21ClFNO4. The molecule has 0 radical (unpaired) electrons. The molecule has 0 unspecified atom stereocenters. The van der Waals surface area contributed by atoms with Gasteiger partial charge in [0.25, 0.3) is 5.91 Å². The number of carboxylic acid groups (broad SMARTS) is 1. The zero-order valence-electron chi connectivity index (χ0n) is 16.8. The van der Waals surface area contributed by atoms with Crippen LogP contribution in [0.5, 0.6) is 5.75 Å². The third-order valence-electron chi connectivity index (χ3n) is 4.75. The topological polar surface area (TPSA) is 75.6 Å². The molecule has 0 spiro atoms. The summed E-state index contributed by atoms with van der Waals surface area (Å²) >= 11 is 6.08. The molecule has 0 heterocycles. The van der Waals surface area contributed by atoms with Gasteiger partial charge >= 0.3 is 5.97 Å². The molecule has 0 aliphatic rings. The molecule has 0 saturated carbocycles. The van der Waals surface area contributed by atoms with Crippen molar-refractivity contribution in [3.8, 4) is 5.75 Å². The van der Waals surface area contributed by atoms with Gasteiger partial charge in [-0.2, -0.15) is 0 Å². The number of carboxylic acids is 1. The second kappa shape index (κ2) is 10.1. The van der Waals surface area contributed by atoms with Crippen molar-refractivity contribution in [1.82, 2.24) is 5.32 Å². The number of rotatable bonds is 8. The van der Waals surface area contributed by atoms with Crippen LogP contribution in [-0.2, 0) is 6.42 Å². The second-order valence-corrected chi connectivity index (χ2v) is 7.39. The number of amides is 1. The zero-order valence-corrected chi connectivity index (χ0v) is 17.5. The first-order valence-electron chi connectivity index (χ1n) is 9.65. The molecule has 1 amide bonds. The highest BCUT2D eigenvalue weighted by Crippen LogP contribution is 2.25. The zero-order chi connectivity index (χ0) is 22.4. The van der Waals surface area contributed by atoms with Crippen LogP contribution in [0.1, 0.15) is 44.8 Å². The Morgan fingerprint density at radius 1 is 1.06 bits per heavy atom. The second-order valence-electron chi connectivity index (χ2n) is 6.95. The van der Waals surface area contributed by atoms with Crippen molar-refractivity contribution >= 4 is 23.5 Å². The minimum Gasteiger partial charge on any atom is -0.492 e. The summed E-state index contributed by atoms with van der Waals surface area (Å²) in [5.74, 6) is -1.46. The summed E-state index contributed by atoms with van der Waals surface area (Å²) in [6.45, 7) is 1.99. The molecule has 0 bridgehead atoms. The quantitative estimate of drug-likeness (QED) is 0.498. The Balaban J connectivity index is 1.72. The van der Waals surface area contributed by atoms with Gasteiger partial charge in [-0.05, 0) is 54.4 Å². The van der Waals surface area contributed by atoms with Crippen LogP contribution in [0.25, 0.3) is 0 Å². The van der Waals surface area contributed by atoms with Crippen molar-refractivity contribution in [2.45, 2.75) is 19.4 Å². The molecule has 160 valence electrons. The number of nitrogens with one attached hydrogen (secondary N) is 1. The molecule has 3 rings (SSSR count). The molecule has 31 heavy (non-hydrogen) atoms. The van der Waals surface area contributed by atoms with Crippen molar-refractivity contribution < 1.29 is 23.8 Å². The Hall–Kier alpha value is -3.38. The summed E-state index contributed by atoms with van der Waals surface area (Å²) in [6, 6.07) is 16.8. The lowest BCUT2D eigenvalue weighted by atomic mass is 10.0. The maximum absolute atomic E-state index is 13.0. The smallest absolute Gasteiger partial charge is 0.336 e. The normalized spacial score (nSPS) is 11.6. The van der Waals surface area contributed by atoms with Gasteiger partial charge in [0.1, 0.15) is 11.6 Å². The van der Waals surface area contributed by atoms with Gasteiger partial charge in [-0.3, -0.25) is 4.79 Å². The highest BCUT2D eigenvalue weighted by atomic mass is 35.5. The van der Waals surface area contributed by atoms with Crippen molar-refractivity contribution in [3.05, 3.63) is 99.8 Å². The summed E-state index contributed by atoms with van der Waals surface area (Å²) < 4.78 is 18.8. The fraction of sp³-hybridized carbons (Fsp3) is 0.167. The minimum absolute atomic E-state index is 0.122. The number of aromatic carboxylic acids is 1. The van der Waals surface area contributed by atoms with E-state index < -0.39 is 17.9 Å². The largest absolute Gasteiger partial charge is 0.492 e. The fourth-order valence-corrected chi connectivity index (χ4v) is 3.33. The van der Waals surface area contributed by atoms with Gasteiger partial charge in [-0.25, -0.2) is 9.18 Å². The summed E-state index contributed by atoms with van der Waals surface area (Å²) in [5.41, 5.74) is 1.76. The van der Waals surface area contributed by atoms with Crippen LogP contribution >= 0.6 is 11.6 Å². The molecule has 7 heteroatoms. The Bertz CT molecular complexity index is 1090. The number of benzene rings is 3. The van der Waals surface area contributed by atoms with Gasteiger partial charge in [0.2, 0.25) is 0 Å². The molecule has 0 aliphatic carbocycles. The fourth-order valence-electron chi connectivity index (χ4n) is 3.16. The standard InChI is InChI=1S/C24H21ClFNO4/c1-15(19-4-2-3-5-20(19)24(29)30)27-23(28)21-14-17(25)8-11-22(21)31-13-12-16-6-9-18(26)10-7-16/h2-11,14-15H,12-13H2,1H3,(H,27,28)(H,29,30)/t15-/m0/s1. The lowest BCUT2D eigenvalue weighted by Crippen LogP contribution is -2.28. The number of carbonyl (C=O) groups excluding carboxylic acids is 1. The van der Waals surface area contributed by atoms with Crippen LogP contribution in [0.3, 0.4) is 0 Å². The lowest BCUT2D eigenvalue weighted by molar-refractivity contribution is 0.0693. The first-order chi connectivity index (χ1) is 14.8. The Labute approximate surface area is 184 Å². The summed E-state index contributed by atoms with van der Waals surface area (Å²) in [5, 5.41) is 12.6. The molecule has 5 nitrogen and oxygen atoms in total. The monoisotopic (exact) mass is 441 g/mol. The Kier molecular flexibility index (Phi) is 7.26. The van der Waals surface area contributed by atoms with Crippen molar-refractivity contribution in [2.75, 3.05) is 6.61 Å². The summed E-state index contributed by atoms with van der Waals surface area (Å²) in [6.07, 6.45) is 0.534. The molecule has 0 aromatic heterocycles. The Morgan fingerprint density at radius 3 is 2.48 bits per heavy atom. The predicted molar refractivity (Wildman–Crippen MR) is 116 cm³/mol. The third kappa shape index (κ3) is 5.83. The predicted octanol–water partition coefficient (Wildman–Crippen LogP) is 5.29. The van der Waals surface area contributed by atoms with Crippen LogP contribution in [0.2, 0.25) is 5.02 Å². The first-order valence-corrected chi connectivity index (χ1v) is 10.0. The van der Waals surface area contributed by atoms with E-state index >= 15 is 0 Å². The molecule has 0 fully saturated rings. The lowest BCUT2D eigenvalue weighted by Gasteiger charge is -2.18. The average Bonchev–Trinajstić information content (AvgIpc) is 2.76. The maximum atomic E-state index is 13.0. The van der Waals surface area contributed by atoms with E-state index in [1.165, 1.54) is 24.3 Å². The van der Waals surface area contributed by atoms with Gasteiger partial charge in [0.15, 0.2) is 0 Å². The van der Waals surface area contributed by atoms with Crippen LogP contribution in [0, 0.1) is 5.82 Å². The molecule has 0 aliphatic heterocycles. The van der Waals surface area contributed by atoms with Crippen molar-refractivity contribution in [1.29, 1.82) is 0 Å². The summed E-state index contributed by atoms with van der Waals surface area (Å²) in [4.78, 5) is 24.4. The van der Waals surface area contributed by atoms with Crippen LogP contribution < -0.4 is 10.1 Å². The van der Waals surface area contributed by atoms with E-state index in [9.17, 15) is 19.1 Å². The molecule has 0 saturated heterocycles. The van der Waals surface area contributed by atoms with Crippen LogP contribution in [0.15, 0.2) is 66.7 Å². The van der Waals surface area contributed by atoms with E-state index in [0.717, 1.165) is 5.56 Å². The van der Waals surface area contributed by atoms with Crippen LogP contribution in [0.4, 0.5) is 4.39 Å². The third-order valence-corrected chi connectivity index (χ3v) is 4.99. The number of carbonyl (C=O) groups is 2. The molecule has 3 aromatic rings. The van der Waals surface area contributed by atoms with Crippen molar-refractivity contribution in [3.63, 3.8) is 0 Å². The van der Waals surface area contributed by atoms with E-state index in [2.05, 4.69) is 5.32 Å². The van der Waals surface area contributed by atoms with E-state index in [-0.39, 0.29) is 23.6 Å².